The number of rotatable bonds is 8. The van der Waals surface area contributed by atoms with Crippen LogP contribution in [0.5, 0.6) is 0 Å². The second kappa shape index (κ2) is 10.3. The number of aromatic carboxylic acids is 1. The molecule has 1 unspecified atom stereocenters. The van der Waals surface area contributed by atoms with Crippen molar-refractivity contribution in [3.05, 3.63) is 59.7 Å². The predicted molar refractivity (Wildman–Crippen MR) is 120 cm³/mol. The minimum absolute atomic E-state index is 0.0380. The summed E-state index contributed by atoms with van der Waals surface area (Å²) >= 11 is 1.12. The van der Waals surface area contributed by atoms with Gasteiger partial charge in [0.25, 0.3) is 0 Å². The van der Waals surface area contributed by atoms with Crippen LogP contribution in [0.1, 0.15) is 35.7 Å². The van der Waals surface area contributed by atoms with Crippen LogP contribution in [0.4, 0.5) is 11.4 Å². The molecule has 0 bridgehead atoms. The van der Waals surface area contributed by atoms with Crippen LogP contribution in [-0.2, 0) is 16.0 Å². The number of benzene rings is 2. The lowest BCUT2D eigenvalue weighted by Crippen LogP contribution is -2.27. The SMILES string of the molecule is CC(=O)SCC(Cc1ccccc1)C(=O)Nc1ccc(N2CCCC2)c(C(=O)O)c1. The number of nitrogens with zero attached hydrogens (tertiary/aromatic N) is 1. The van der Waals surface area contributed by atoms with Gasteiger partial charge in [0, 0.05) is 31.5 Å². The third-order valence-electron chi connectivity index (χ3n) is 5.12. The molecule has 2 N–H and O–H groups in total. The van der Waals surface area contributed by atoms with Crippen LogP contribution >= 0.6 is 11.8 Å². The van der Waals surface area contributed by atoms with Gasteiger partial charge < -0.3 is 15.3 Å². The van der Waals surface area contributed by atoms with Gasteiger partial charge in [-0.3, -0.25) is 9.59 Å². The molecule has 1 aliphatic rings. The lowest BCUT2D eigenvalue weighted by molar-refractivity contribution is -0.119. The summed E-state index contributed by atoms with van der Waals surface area (Å²) in [6, 6.07) is 14.7. The molecule has 0 spiro atoms. The summed E-state index contributed by atoms with van der Waals surface area (Å²) in [5, 5.41) is 12.5. The van der Waals surface area contributed by atoms with Gasteiger partial charge in [0.05, 0.1) is 17.2 Å². The van der Waals surface area contributed by atoms with Gasteiger partial charge in [0.15, 0.2) is 5.12 Å². The molecule has 3 rings (SSSR count). The highest BCUT2D eigenvalue weighted by atomic mass is 32.2. The number of thioether (sulfide) groups is 1. The molecule has 2 aromatic rings. The average Bonchev–Trinajstić information content (AvgIpc) is 3.26. The number of hydrogen-bond acceptors (Lipinski definition) is 5. The lowest BCUT2D eigenvalue weighted by atomic mass is 10.00. The zero-order valence-corrected chi connectivity index (χ0v) is 17.8. The number of amides is 1. The van der Waals surface area contributed by atoms with Crippen molar-refractivity contribution in [2.45, 2.75) is 26.2 Å². The third-order valence-corrected chi connectivity index (χ3v) is 6.10. The van der Waals surface area contributed by atoms with Gasteiger partial charge in [0.1, 0.15) is 0 Å². The van der Waals surface area contributed by atoms with E-state index in [9.17, 15) is 19.5 Å². The number of carboxylic acids is 1. The molecule has 158 valence electrons. The minimum Gasteiger partial charge on any atom is -0.478 e. The fraction of sp³-hybridized carbons (Fsp3) is 0.348. The molecule has 0 radical (unpaired) electrons. The summed E-state index contributed by atoms with van der Waals surface area (Å²) in [5.74, 6) is -1.28. The van der Waals surface area contributed by atoms with Gasteiger partial charge >= 0.3 is 5.97 Å². The van der Waals surface area contributed by atoms with Gasteiger partial charge in [-0.1, -0.05) is 42.1 Å². The van der Waals surface area contributed by atoms with E-state index in [2.05, 4.69) is 10.2 Å². The first-order valence-electron chi connectivity index (χ1n) is 10.0. The van der Waals surface area contributed by atoms with E-state index in [-0.39, 0.29) is 16.6 Å². The molecule has 0 saturated carbocycles. The molecule has 1 saturated heterocycles. The molecule has 1 heterocycles. The quantitative estimate of drug-likeness (QED) is 0.662. The highest BCUT2D eigenvalue weighted by Crippen LogP contribution is 2.28. The smallest absolute Gasteiger partial charge is 0.337 e. The second-order valence-corrected chi connectivity index (χ2v) is 8.61. The van der Waals surface area contributed by atoms with E-state index in [0.717, 1.165) is 43.3 Å². The number of carboxylic acid groups (broad SMARTS) is 1. The van der Waals surface area contributed by atoms with Crippen molar-refractivity contribution in [1.82, 2.24) is 0 Å². The summed E-state index contributed by atoms with van der Waals surface area (Å²) in [6.07, 6.45) is 2.60. The van der Waals surface area contributed by atoms with E-state index >= 15 is 0 Å². The molecular weight excluding hydrogens is 400 g/mol. The van der Waals surface area contributed by atoms with Gasteiger partial charge in [-0.25, -0.2) is 4.79 Å². The number of anilines is 2. The Kier molecular flexibility index (Phi) is 7.52. The van der Waals surface area contributed by atoms with Crippen LogP contribution in [0.2, 0.25) is 0 Å². The Balaban J connectivity index is 1.77. The maximum absolute atomic E-state index is 13.0. The van der Waals surface area contributed by atoms with Gasteiger partial charge in [-0.15, -0.1) is 0 Å². The number of nitrogens with one attached hydrogen (secondary N) is 1. The van der Waals surface area contributed by atoms with Gasteiger partial charge in [-0.2, -0.15) is 0 Å². The Labute approximate surface area is 180 Å². The van der Waals surface area contributed by atoms with Crippen LogP contribution in [0, 0.1) is 5.92 Å². The van der Waals surface area contributed by atoms with E-state index in [0.29, 0.717) is 23.5 Å². The van der Waals surface area contributed by atoms with Crippen LogP contribution < -0.4 is 10.2 Å². The van der Waals surface area contributed by atoms with E-state index in [1.54, 1.807) is 12.1 Å². The van der Waals surface area contributed by atoms with Gasteiger partial charge in [0.2, 0.25) is 5.91 Å². The predicted octanol–water partition coefficient (Wildman–Crippen LogP) is 4.06. The van der Waals surface area contributed by atoms with Crippen molar-refractivity contribution < 1.29 is 19.5 Å². The number of hydrogen-bond donors (Lipinski definition) is 2. The standard InChI is InChI=1S/C23H26N2O4S/c1-16(26)30-15-18(13-17-7-3-2-4-8-17)22(27)24-19-9-10-21(20(14-19)23(28)29)25-11-5-6-12-25/h2-4,7-10,14,18H,5-6,11-13,15H2,1H3,(H,24,27)(H,28,29). The first kappa shape index (κ1) is 21.9. The molecule has 1 fully saturated rings. The molecule has 1 aliphatic heterocycles. The first-order valence-corrected chi connectivity index (χ1v) is 11.0. The number of carbonyl (C=O) groups is 3. The highest BCUT2D eigenvalue weighted by molar-refractivity contribution is 8.13. The molecule has 1 amide bonds. The van der Waals surface area contributed by atoms with E-state index in [1.165, 1.54) is 13.0 Å². The third kappa shape index (κ3) is 5.86. The van der Waals surface area contributed by atoms with Crippen molar-refractivity contribution in [1.29, 1.82) is 0 Å². The van der Waals surface area contributed by atoms with E-state index in [1.807, 2.05) is 30.3 Å². The van der Waals surface area contributed by atoms with E-state index in [4.69, 9.17) is 0 Å². The average molecular weight is 427 g/mol. The van der Waals surface area contributed by atoms with Crippen LogP contribution in [0.3, 0.4) is 0 Å². The summed E-state index contributed by atoms with van der Waals surface area (Å²) in [4.78, 5) is 38.2. The van der Waals surface area contributed by atoms with Crippen molar-refractivity contribution in [2.24, 2.45) is 5.92 Å². The molecular formula is C23H26N2O4S. The number of carbonyl (C=O) groups excluding carboxylic acids is 2. The first-order chi connectivity index (χ1) is 14.4. The second-order valence-electron chi connectivity index (χ2n) is 7.41. The molecule has 1 atom stereocenters. The molecule has 0 aromatic heterocycles. The summed E-state index contributed by atoms with van der Waals surface area (Å²) in [7, 11) is 0. The normalized spacial score (nSPS) is 14.4. The van der Waals surface area contributed by atoms with Crippen LogP contribution in [0.15, 0.2) is 48.5 Å². The maximum atomic E-state index is 13.0. The fourth-order valence-corrected chi connectivity index (χ4v) is 4.31. The summed E-state index contributed by atoms with van der Waals surface area (Å²) in [5.41, 5.74) is 2.34. The summed E-state index contributed by atoms with van der Waals surface area (Å²) in [6.45, 7) is 3.17. The minimum atomic E-state index is -1.01. The zero-order chi connectivity index (χ0) is 21.5. The van der Waals surface area contributed by atoms with Crippen molar-refractivity contribution >= 4 is 40.1 Å². The highest BCUT2D eigenvalue weighted by Gasteiger charge is 2.23. The van der Waals surface area contributed by atoms with Crippen molar-refractivity contribution in [3.8, 4) is 0 Å². The van der Waals surface area contributed by atoms with Crippen molar-refractivity contribution in [2.75, 3.05) is 29.1 Å². The topological polar surface area (TPSA) is 86.7 Å². The molecule has 7 heteroatoms. The Morgan fingerprint density at radius 3 is 2.43 bits per heavy atom. The van der Waals surface area contributed by atoms with Gasteiger partial charge in [-0.05, 0) is 43.0 Å². The van der Waals surface area contributed by atoms with Crippen molar-refractivity contribution in [3.63, 3.8) is 0 Å². The Morgan fingerprint density at radius 1 is 1.10 bits per heavy atom. The monoisotopic (exact) mass is 426 g/mol. The zero-order valence-electron chi connectivity index (χ0n) is 17.0. The maximum Gasteiger partial charge on any atom is 0.337 e. The van der Waals surface area contributed by atoms with E-state index < -0.39 is 11.9 Å². The molecule has 0 aliphatic carbocycles. The van der Waals surface area contributed by atoms with Crippen LogP contribution in [-0.4, -0.2) is 40.9 Å². The molecule has 6 nitrogen and oxygen atoms in total. The summed E-state index contributed by atoms with van der Waals surface area (Å²) < 4.78 is 0. The lowest BCUT2D eigenvalue weighted by Gasteiger charge is -2.21. The van der Waals surface area contributed by atoms with Crippen LogP contribution in [0.25, 0.3) is 0 Å². The fourth-order valence-electron chi connectivity index (χ4n) is 3.61. The Hall–Kier alpha value is -2.80. The Morgan fingerprint density at radius 2 is 1.80 bits per heavy atom. The largest absolute Gasteiger partial charge is 0.478 e. The molecule has 2 aromatic carbocycles. The Bertz CT molecular complexity index is 911. The molecule has 30 heavy (non-hydrogen) atoms.